The minimum absolute atomic E-state index is 0.0527. The summed E-state index contributed by atoms with van der Waals surface area (Å²) in [6.07, 6.45) is 1.59. The van der Waals surface area contributed by atoms with Crippen molar-refractivity contribution in [2.75, 3.05) is 6.54 Å². The number of rotatable bonds is 8. The Morgan fingerprint density at radius 2 is 1.91 bits per heavy atom. The number of benzene rings is 1. The Morgan fingerprint density at radius 3 is 2.50 bits per heavy atom. The largest absolute Gasteiger partial charge is 0.350 e. The molecule has 0 spiro atoms. The first kappa shape index (κ1) is 18.6. The lowest BCUT2D eigenvalue weighted by Crippen LogP contribution is -2.32. The molecule has 0 aliphatic heterocycles. The van der Waals surface area contributed by atoms with Crippen molar-refractivity contribution in [2.45, 2.75) is 51.5 Å². The molecule has 1 atom stereocenters. The lowest BCUT2D eigenvalue weighted by Gasteiger charge is -2.12. The van der Waals surface area contributed by atoms with Crippen LogP contribution >= 0.6 is 0 Å². The molecule has 2 N–H and O–H groups in total. The van der Waals surface area contributed by atoms with Gasteiger partial charge in [-0.1, -0.05) is 26.8 Å². The Morgan fingerprint density at radius 1 is 1.23 bits per heavy atom. The third kappa shape index (κ3) is 5.77. The molecule has 5 nitrogen and oxygen atoms in total. The Labute approximate surface area is 133 Å². The van der Waals surface area contributed by atoms with E-state index < -0.39 is 10.0 Å². The summed E-state index contributed by atoms with van der Waals surface area (Å²) in [6, 6.07) is 6.16. The van der Waals surface area contributed by atoms with Gasteiger partial charge in [0.25, 0.3) is 5.91 Å². The van der Waals surface area contributed by atoms with Crippen molar-refractivity contribution < 1.29 is 13.2 Å². The van der Waals surface area contributed by atoms with Gasteiger partial charge in [0, 0.05) is 18.2 Å². The lowest BCUT2D eigenvalue weighted by atomic mass is 10.1. The van der Waals surface area contributed by atoms with Gasteiger partial charge in [-0.25, -0.2) is 13.1 Å². The van der Waals surface area contributed by atoms with Gasteiger partial charge in [-0.3, -0.25) is 4.79 Å². The quantitative estimate of drug-likeness (QED) is 0.771. The van der Waals surface area contributed by atoms with Gasteiger partial charge in [-0.05, 0) is 43.9 Å². The van der Waals surface area contributed by atoms with Crippen LogP contribution in [0, 0.1) is 5.92 Å². The summed E-state index contributed by atoms with van der Waals surface area (Å²) < 4.78 is 27.0. The van der Waals surface area contributed by atoms with Crippen molar-refractivity contribution >= 4 is 15.9 Å². The van der Waals surface area contributed by atoms with E-state index >= 15 is 0 Å². The molecule has 22 heavy (non-hydrogen) atoms. The van der Waals surface area contributed by atoms with Gasteiger partial charge in [-0.2, -0.15) is 0 Å². The second-order valence-corrected chi connectivity index (χ2v) is 7.66. The van der Waals surface area contributed by atoms with Crippen molar-refractivity contribution in [1.82, 2.24) is 10.0 Å². The molecule has 0 aliphatic rings. The molecular formula is C16H26N2O3S. The number of hydrogen-bond donors (Lipinski definition) is 2. The van der Waals surface area contributed by atoms with Crippen LogP contribution in [0.2, 0.25) is 0 Å². The van der Waals surface area contributed by atoms with Crippen LogP contribution in [-0.2, 0) is 10.0 Å². The minimum Gasteiger partial charge on any atom is -0.350 e. The standard InChI is InChI=1S/C16H26N2O3S/c1-5-13(4)18-16(19)14-7-6-8-15(11-14)22(20,21)17-10-9-12(2)3/h6-8,11-13,17H,5,9-10H2,1-4H3,(H,18,19). The molecule has 6 heteroatoms. The predicted octanol–water partition coefficient (Wildman–Crippen LogP) is 2.54. The van der Waals surface area contributed by atoms with Gasteiger partial charge in [0.1, 0.15) is 0 Å². The normalized spacial score (nSPS) is 13.1. The Balaban J connectivity index is 2.84. The fourth-order valence-corrected chi connectivity index (χ4v) is 2.87. The van der Waals surface area contributed by atoms with Crippen molar-refractivity contribution in [3.63, 3.8) is 0 Å². The maximum absolute atomic E-state index is 12.2. The summed E-state index contributed by atoms with van der Waals surface area (Å²) >= 11 is 0. The number of sulfonamides is 1. The van der Waals surface area contributed by atoms with Crippen molar-refractivity contribution in [3.05, 3.63) is 29.8 Å². The molecule has 124 valence electrons. The molecule has 1 unspecified atom stereocenters. The summed E-state index contributed by atoms with van der Waals surface area (Å²) in [7, 11) is -3.58. The van der Waals surface area contributed by atoms with E-state index in [9.17, 15) is 13.2 Å². The second kappa shape index (κ2) is 8.29. The highest BCUT2D eigenvalue weighted by Crippen LogP contribution is 2.12. The van der Waals surface area contributed by atoms with Crippen LogP contribution in [0.5, 0.6) is 0 Å². The van der Waals surface area contributed by atoms with E-state index in [0.717, 1.165) is 12.8 Å². The van der Waals surface area contributed by atoms with E-state index in [0.29, 0.717) is 18.0 Å². The second-order valence-electron chi connectivity index (χ2n) is 5.89. The van der Waals surface area contributed by atoms with Gasteiger partial charge in [0.2, 0.25) is 10.0 Å². The van der Waals surface area contributed by atoms with E-state index in [-0.39, 0.29) is 16.8 Å². The molecular weight excluding hydrogens is 300 g/mol. The molecule has 0 saturated carbocycles. The Hall–Kier alpha value is -1.40. The first-order chi connectivity index (χ1) is 10.3. The molecule has 0 heterocycles. The average molecular weight is 326 g/mol. The van der Waals surface area contributed by atoms with Crippen LogP contribution in [-0.4, -0.2) is 26.9 Å². The van der Waals surface area contributed by atoms with Crippen LogP contribution in [0.4, 0.5) is 0 Å². The molecule has 1 aromatic rings. The zero-order chi connectivity index (χ0) is 16.8. The molecule has 1 rings (SSSR count). The van der Waals surface area contributed by atoms with Gasteiger partial charge < -0.3 is 5.32 Å². The fraction of sp³-hybridized carbons (Fsp3) is 0.562. The summed E-state index contributed by atoms with van der Waals surface area (Å²) in [5.74, 6) is 0.170. The van der Waals surface area contributed by atoms with Gasteiger partial charge in [-0.15, -0.1) is 0 Å². The monoisotopic (exact) mass is 326 g/mol. The minimum atomic E-state index is -3.58. The summed E-state index contributed by atoms with van der Waals surface area (Å²) in [4.78, 5) is 12.2. The topological polar surface area (TPSA) is 75.3 Å². The van der Waals surface area contributed by atoms with Gasteiger partial charge in [0.15, 0.2) is 0 Å². The molecule has 0 bridgehead atoms. The smallest absolute Gasteiger partial charge is 0.251 e. The van der Waals surface area contributed by atoms with E-state index in [1.165, 1.54) is 12.1 Å². The molecule has 0 aliphatic carbocycles. The van der Waals surface area contributed by atoms with Crippen LogP contribution in [0.15, 0.2) is 29.2 Å². The molecule has 0 radical (unpaired) electrons. The number of carbonyl (C=O) groups excluding carboxylic acids is 1. The molecule has 0 aromatic heterocycles. The summed E-state index contributed by atoms with van der Waals surface area (Å²) in [5, 5.41) is 2.83. The van der Waals surface area contributed by atoms with Crippen LogP contribution in [0.1, 0.15) is 50.9 Å². The zero-order valence-electron chi connectivity index (χ0n) is 13.7. The number of carbonyl (C=O) groups is 1. The number of nitrogens with one attached hydrogen (secondary N) is 2. The SMILES string of the molecule is CCC(C)NC(=O)c1cccc(S(=O)(=O)NCCC(C)C)c1. The van der Waals surface area contributed by atoms with E-state index in [2.05, 4.69) is 10.0 Å². The first-order valence-corrected chi connectivity index (χ1v) is 9.15. The zero-order valence-corrected chi connectivity index (χ0v) is 14.5. The van der Waals surface area contributed by atoms with Crippen LogP contribution in [0.25, 0.3) is 0 Å². The number of hydrogen-bond acceptors (Lipinski definition) is 3. The maximum atomic E-state index is 12.2. The highest BCUT2D eigenvalue weighted by molar-refractivity contribution is 7.89. The highest BCUT2D eigenvalue weighted by Gasteiger charge is 2.16. The van der Waals surface area contributed by atoms with E-state index in [1.807, 2.05) is 27.7 Å². The fourth-order valence-electron chi connectivity index (χ4n) is 1.78. The molecule has 0 fully saturated rings. The summed E-state index contributed by atoms with van der Waals surface area (Å²) in [6.45, 7) is 8.35. The average Bonchev–Trinajstić information content (AvgIpc) is 2.46. The highest BCUT2D eigenvalue weighted by atomic mass is 32.2. The van der Waals surface area contributed by atoms with Crippen molar-refractivity contribution in [1.29, 1.82) is 0 Å². The van der Waals surface area contributed by atoms with Crippen LogP contribution in [0.3, 0.4) is 0 Å². The van der Waals surface area contributed by atoms with Gasteiger partial charge in [0.05, 0.1) is 4.90 Å². The van der Waals surface area contributed by atoms with Gasteiger partial charge >= 0.3 is 0 Å². The van der Waals surface area contributed by atoms with Crippen molar-refractivity contribution in [3.8, 4) is 0 Å². The lowest BCUT2D eigenvalue weighted by molar-refractivity contribution is 0.0939. The van der Waals surface area contributed by atoms with E-state index in [4.69, 9.17) is 0 Å². The predicted molar refractivity (Wildman–Crippen MR) is 88.3 cm³/mol. The first-order valence-electron chi connectivity index (χ1n) is 7.66. The summed E-state index contributed by atoms with van der Waals surface area (Å²) in [5.41, 5.74) is 0.354. The number of amides is 1. The molecule has 0 saturated heterocycles. The Kier molecular flexibility index (Phi) is 7.03. The van der Waals surface area contributed by atoms with Crippen LogP contribution < -0.4 is 10.0 Å². The third-order valence-electron chi connectivity index (χ3n) is 3.41. The Bertz CT molecular complexity index is 597. The maximum Gasteiger partial charge on any atom is 0.251 e. The molecule has 1 amide bonds. The van der Waals surface area contributed by atoms with Crippen molar-refractivity contribution in [2.24, 2.45) is 5.92 Å². The van der Waals surface area contributed by atoms with E-state index in [1.54, 1.807) is 12.1 Å². The molecule has 1 aromatic carbocycles. The third-order valence-corrected chi connectivity index (χ3v) is 4.87.